The SMILES string of the molecule is Cc1cccc(C(=O)NCc2nnc(SCC(=O)Nc3ccc(Br)cc3F)n2C)c1. The second-order valence-corrected chi connectivity index (χ2v) is 8.33. The van der Waals surface area contributed by atoms with Crippen LogP contribution >= 0.6 is 27.7 Å². The van der Waals surface area contributed by atoms with Crippen molar-refractivity contribution in [3.63, 3.8) is 0 Å². The van der Waals surface area contributed by atoms with Crippen molar-refractivity contribution < 1.29 is 14.0 Å². The fraction of sp³-hybridized carbons (Fsp3) is 0.200. The maximum absolute atomic E-state index is 13.8. The van der Waals surface area contributed by atoms with Crippen molar-refractivity contribution in [3.05, 3.63) is 69.7 Å². The van der Waals surface area contributed by atoms with Crippen LogP contribution in [0.1, 0.15) is 21.7 Å². The van der Waals surface area contributed by atoms with Gasteiger partial charge in [-0.15, -0.1) is 10.2 Å². The van der Waals surface area contributed by atoms with Crippen LogP contribution in [-0.4, -0.2) is 32.3 Å². The molecule has 3 aromatic rings. The molecule has 0 aliphatic heterocycles. The minimum Gasteiger partial charge on any atom is -0.345 e. The Hall–Kier alpha value is -2.72. The Morgan fingerprint density at radius 1 is 1.20 bits per heavy atom. The molecule has 0 saturated heterocycles. The van der Waals surface area contributed by atoms with E-state index in [1.165, 1.54) is 23.9 Å². The van der Waals surface area contributed by atoms with Gasteiger partial charge in [0.25, 0.3) is 5.91 Å². The molecule has 0 saturated carbocycles. The molecule has 1 heterocycles. The molecule has 0 bridgehead atoms. The normalized spacial score (nSPS) is 10.7. The van der Waals surface area contributed by atoms with Gasteiger partial charge in [-0.25, -0.2) is 4.39 Å². The molecule has 3 rings (SSSR count). The van der Waals surface area contributed by atoms with E-state index in [0.29, 0.717) is 21.0 Å². The summed E-state index contributed by atoms with van der Waals surface area (Å²) >= 11 is 4.34. The number of benzene rings is 2. The fourth-order valence-corrected chi connectivity index (χ4v) is 3.64. The van der Waals surface area contributed by atoms with E-state index in [4.69, 9.17) is 0 Å². The Morgan fingerprint density at radius 2 is 2.00 bits per heavy atom. The van der Waals surface area contributed by atoms with Crippen LogP contribution in [0.5, 0.6) is 0 Å². The summed E-state index contributed by atoms with van der Waals surface area (Å²) in [6, 6.07) is 11.7. The summed E-state index contributed by atoms with van der Waals surface area (Å²) in [6.07, 6.45) is 0. The van der Waals surface area contributed by atoms with Gasteiger partial charge < -0.3 is 15.2 Å². The van der Waals surface area contributed by atoms with Crippen molar-refractivity contribution >= 4 is 45.2 Å². The summed E-state index contributed by atoms with van der Waals surface area (Å²) in [4.78, 5) is 24.4. The molecule has 156 valence electrons. The number of anilines is 1. The number of carbonyl (C=O) groups excluding carboxylic acids is 2. The minimum absolute atomic E-state index is 0.0388. The van der Waals surface area contributed by atoms with E-state index in [9.17, 15) is 14.0 Å². The fourth-order valence-electron chi connectivity index (χ4n) is 2.58. The van der Waals surface area contributed by atoms with E-state index in [1.54, 1.807) is 29.8 Å². The standard InChI is InChI=1S/C20H19BrFN5O2S/c1-12-4-3-5-13(8-12)19(29)23-10-17-25-26-20(27(17)2)30-11-18(28)24-16-7-6-14(21)9-15(16)22/h3-9H,10-11H2,1-2H3,(H,23,29)(H,24,28). The first-order valence-corrected chi connectivity index (χ1v) is 10.7. The third-order valence-electron chi connectivity index (χ3n) is 4.15. The number of halogens is 2. The molecule has 0 fully saturated rings. The molecule has 0 unspecified atom stereocenters. The van der Waals surface area contributed by atoms with Gasteiger partial charge in [0.2, 0.25) is 5.91 Å². The van der Waals surface area contributed by atoms with Gasteiger partial charge in [0.15, 0.2) is 11.0 Å². The van der Waals surface area contributed by atoms with E-state index < -0.39 is 5.82 Å². The Bertz CT molecular complexity index is 1090. The van der Waals surface area contributed by atoms with Crippen LogP contribution in [0.2, 0.25) is 0 Å². The lowest BCUT2D eigenvalue weighted by Gasteiger charge is -2.08. The number of nitrogens with zero attached hydrogens (tertiary/aromatic N) is 3. The molecule has 0 aliphatic carbocycles. The molecule has 7 nitrogen and oxygen atoms in total. The van der Waals surface area contributed by atoms with Crippen LogP contribution in [0.3, 0.4) is 0 Å². The lowest BCUT2D eigenvalue weighted by atomic mass is 10.1. The number of carbonyl (C=O) groups is 2. The first kappa shape index (κ1) is 22.0. The van der Waals surface area contributed by atoms with Crippen molar-refractivity contribution in [1.82, 2.24) is 20.1 Å². The Labute approximate surface area is 185 Å². The summed E-state index contributed by atoms with van der Waals surface area (Å²) in [7, 11) is 1.75. The summed E-state index contributed by atoms with van der Waals surface area (Å²) < 4.78 is 16.1. The van der Waals surface area contributed by atoms with Gasteiger partial charge in [0.05, 0.1) is 18.0 Å². The average Bonchev–Trinajstić information content (AvgIpc) is 3.06. The van der Waals surface area contributed by atoms with Crippen molar-refractivity contribution in [3.8, 4) is 0 Å². The zero-order valence-electron chi connectivity index (χ0n) is 16.3. The average molecular weight is 492 g/mol. The monoisotopic (exact) mass is 491 g/mol. The second kappa shape index (κ2) is 9.86. The van der Waals surface area contributed by atoms with Gasteiger partial charge in [-0.3, -0.25) is 9.59 Å². The van der Waals surface area contributed by atoms with Gasteiger partial charge >= 0.3 is 0 Å². The number of aromatic nitrogens is 3. The maximum Gasteiger partial charge on any atom is 0.251 e. The van der Waals surface area contributed by atoms with Crippen LogP contribution in [0, 0.1) is 12.7 Å². The highest BCUT2D eigenvalue weighted by atomic mass is 79.9. The van der Waals surface area contributed by atoms with E-state index in [1.807, 2.05) is 19.1 Å². The minimum atomic E-state index is -0.520. The van der Waals surface area contributed by atoms with Crippen LogP contribution in [-0.2, 0) is 18.4 Å². The summed E-state index contributed by atoms with van der Waals surface area (Å²) in [6.45, 7) is 2.12. The predicted molar refractivity (Wildman–Crippen MR) is 117 cm³/mol. The molecule has 0 radical (unpaired) electrons. The molecular formula is C20H19BrFN5O2S. The molecule has 10 heteroatoms. The lowest BCUT2D eigenvalue weighted by Crippen LogP contribution is -2.24. The number of thioether (sulfide) groups is 1. The van der Waals surface area contributed by atoms with Crippen molar-refractivity contribution in [2.45, 2.75) is 18.6 Å². The Kier molecular flexibility index (Phi) is 7.22. The highest BCUT2D eigenvalue weighted by Crippen LogP contribution is 2.21. The largest absolute Gasteiger partial charge is 0.345 e. The Balaban J connectivity index is 1.53. The number of amides is 2. The smallest absolute Gasteiger partial charge is 0.251 e. The quantitative estimate of drug-likeness (QED) is 0.492. The second-order valence-electron chi connectivity index (χ2n) is 6.47. The molecule has 0 atom stereocenters. The molecule has 2 amide bonds. The van der Waals surface area contributed by atoms with E-state index in [0.717, 1.165) is 5.56 Å². The summed E-state index contributed by atoms with van der Waals surface area (Å²) in [5, 5.41) is 14.0. The first-order chi connectivity index (χ1) is 14.3. The highest BCUT2D eigenvalue weighted by Gasteiger charge is 2.14. The van der Waals surface area contributed by atoms with Crippen molar-refractivity contribution in [2.24, 2.45) is 7.05 Å². The third kappa shape index (κ3) is 5.67. The molecule has 30 heavy (non-hydrogen) atoms. The van der Waals surface area contributed by atoms with Crippen molar-refractivity contribution in [2.75, 3.05) is 11.1 Å². The summed E-state index contributed by atoms with van der Waals surface area (Å²) in [5.41, 5.74) is 1.69. The zero-order valence-corrected chi connectivity index (χ0v) is 18.7. The first-order valence-electron chi connectivity index (χ1n) is 8.94. The van der Waals surface area contributed by atoms with E-state index >= 15 is 0 Å². The summed E-state index contributed by atoms with van der Waals surface area (Å²) in [5.74, 6) is -0.492. The van der Waals surface area contributed by atoms with Crippen LogP contribution in [0.25, 0.3) is 0 Å². The van der Waals surface area contributed by atoms with Crippen LogP contribution in [0.15, 0.2) is 52.1 Å². The number of aryl methyl sites for hydroxylation is 1. The van der Waals surface area contributed by atoms with Crippen LogP contribution < -0.4 is 10.6 Å². The van der Waals surface area contributed by atoms with Crippen molar-refractivity contribution in [1.29, 1.82) is 0 Å². The highest BCUT2D eigenvalue weighted by molar-refractivity contribution is 9.10. The lowest BCUT2D eigenvalue weighted by molar-refractivity contribution is -0.113. The van der Waals surface area contributed by atoms with Gasteiger partial charge in [-0.1, -0.05) is 45.4 Å². The maximum atomic E-state index is 13.8. The van der Waals surface area contributed by atoms with E-state index in [-0.39, 0.29) is 29.8 Å². The number of rotatable bonds is 7. The zero-order chi connectivity index (χ0) is 21.7. The molecular weight excluding hydrogens is 473 g/mol. The predicted octanol–water partition coefficient (Wildman–Crippen LogP) is 3.69. The van der Waals surface area contributed by atoms with E-state index in [2.05, 4.69) is 36.8 Å². The Morgan fingerprint density at radius 3 is 2.73 bits per heavy atom. The molecule has 1 aromatic heterocycles. The molecule has 2 aromatic carbocycles. The third-order valence-corrected chi connectivity index (χ3v) is 5.66. The molecule has 2 N–H and O–H groups in total. The topological polar surface area (TPSA) is 88.9 Å². The van der Waals surface area contributed by atoms with Gasteiger partial charge in [-0.05, 0) is 37.3 Å². The van der Waals surface area contributed by atoms with Gasteiger partial charge in [-0.2, -0.15) is 0 Å². The molecule has 0 aliphatic rings. The van der Waals surface area contributed by atoms with Gasteiger partial charge in [0.1, 0.15) is 5.82 Å². The van der Waals surface area contributed by atoms with Gasteiger partial charge in [0, 0.05) is 17.1 Å². The number of hydrogen-bond donors (Lipinski definition) is 2. The number of hydrogen-bond acceptors (Lipinski definition) is 5. The number of nitrogens with one attached hydrogen (secondary N) is 2. The molecule has 0 spiro atoms. The van der Waals surface area contributed by atoms with Crippen LogP contribution in [0.4, 0.5) is 10.1 Å².